The maximum Gasteiger partial charge on any atom is 0.242 e. The van der Waals surface area contributed by atoms with E-state index in [1.807, 2.05) is 42.5 Å². The first kappa shape index (κ1) is 15.1. The zero-order chi connectivity index (χ0) is 15.6. The first-order valence-corrected chi connectivity index (χ1v) is 8.41. The van der Waals surface area contributed by atoms with Crippen molar-refractivity contribution in [3.63, 3.8) is 0 Å². The summed E-state index contributed by atoms with van der Waals surface area (Å²) in [5, 5.41) is 6.43. The van der Waals surface area contributed by atoms with Gasteiger partial charge in [0.15, 0.2) is 0 Å². The highest BCUT2D eigenvalue weighted by Gasteiger charge is 2.34. The lowest BCUT2D eigenvalue weighted by Crippen LogP contribution is -2.44. The summed E-state index contributed by atoms with van der Waals surface area (Å²) < 4.78 is 0. The molecule has 0 spiro atoms. The molecular weight excluding hydrogens is 292 g/mol. The molecule has 0 saturated carbocycles. The predicted molar refractivity (Wildman–Crippen MR) is 94.0 cm³/mol. The van der Waals surface area contributed by atoms with Crippen LogP contribution < -0.4 is 10.6 Å². The van der Waals surface area contributed by atoms with Crippen LogP contribution >= 0.6 is 11.8 Å². The lowest BCUT2D eigenvalue weighted by molar-refractivity contribution is -0.117. The average molecular weight is 312 g/mol. The summed E-state index contributed by atoms with van der Waals surface area (Å²) in [6.07, 6.45) is 0. The Kier molecular flexibility index (Phi) is 4.23. The zero-order valence-corrected chi connectivity index (χ0v) is 13.6. The highest BCUT2D eigenvalue weighted by atomic mass is 32.2. The van der Waals surface area contributed by atoms with E-state index in [4.69, 9.17) is 0 Å². The molecule has 2 N–H and O–H groups in total. The van der Waals surface area contributed by atoms with Gasteiger partial charge < -0.3 is 5.32 Å². The minimum atomic E-state index is -0.149. The van der Waals surface area contributed by atoms with Crippen molar-refractivity contribution in [2.75, 3.05) is 11.1 Å². The van der Waals surface area contributed by atoms with Gasteiger partial charge in [-0.25, -0.2) is 0 Å². The molecule has 22 heavy (non-hydrogen) atoms. The van der Waals surface area contributed by atoms with Crippen LogP contribution in [0.5, 0.6) is 0 Å². The maximum atomic E-state index is 12.5. The summed E-state index contributed by atoms with van der Waals surface area (Å²) in [6.45, 7) is 4.20. The molecule has 2 aromatic rings. The largest absolute Gasteiger partial charge is 0.324 e. The molecule has 114 valence electrons. The van der Waals surface area contributed by atoms with E-state index in [1.165, 1.54) is 0 Å². The molecule has 0 unspecified atom stereocenters. The van der Waals surface area contributed by atoms with E-state index >= 15 is 0 Å². The number of rotatable bonds is 3. The normalized spacial score (nSPS) is 19.8. The number of nitrogens with one attached hydrogen (secondary N) is 2. The van der Waals surface area contributed by atoms with Gasteiger partial charge in [-0.05, 0) is 25.5 Å². The van der Waals surface area contributed by atoms with Crippen molar-refractivity contribution >= 4 is 23.4 Å². The third kappa shape index (κ3) is 3.34. The molecule has 1 aliphatic heterocycles. The molecule has 4 heteroatoms. The van der Waals surface area contributed by atoms with Crippen LogP contribution in [0.2, 0.25) is 0 Å². The molecule has 1 heterocycles. The lowest BCUT2D eigenvalue weighted by Gasteiger charge is -2.19. The molecule has 3 rings (SSSR count). The summed E-state index contributed by atoms with van der Waals surface area (Å²) in [6, 6.07) is 17.9. The van der Waals surface area contributed by atoms with Crippen LogP contribution in [0, 0.1) is 0 Å². The van der Waals surface area contributed by atoms with Crippen LogP contribution in [0.4, 0.5) is 5.69 Å². The van der Waals surface area contributed by atoms with E-state index in [0.717, 1.165) is 22.6 Å². The molecule has 0 aromatic heterocycles. The number of hydrogen-bond donors (Lipinski definition) is 2. The van der Waals surface area contributed by atoms with E-state index < -0.39 is 0 Å². The van der Waals surface area contributed by atoms with Gasteiger partial charge in [-0.1, -0.05) is 48.5 Å². The molecular formula is C18H20N2OS. The van der Waals surface area contributed by atoms with Crippen LogP contribution in [0.3, 0.4) is 0 Å². The number of amides is 1. The lowest BCUT2D eigenvalue weighted by atomic mass is 10.0. The molecule has 0 radical (unpaired) electrons. The highest BCUT2D eigenvalue weighted by molar-refractivity contribution is 8.00. The fraction of sp³-hybridized carbons (Fsp3) is 0.278. The predicted octanol–water partition coefficient (Wildman–Crippen LogP) is 3.73. The molecule has 1 saturated heterocycles. The van der Waals surface area contributed by atoms with Crippen molar-refractivity contribution in [1.82, 2.24) is 5.32 Å². The summed E-state index contributed by atoms with van der Waals surface area (Å²) >= 11 is 1.78. The second kappa shape index (κ2) is 6.15. The highest BCUT2D eigenvalue weighted by Crippen LogP contribution is 2.31. The van der Waals surface area contributed by atoms with E-state index in [9.17, 15) is 4.79 Å². The Hall–Kier alpha value is -1.78. The number of hydrogen-bond acceptors (Lipinski definition) is 3. The Morgan fingerprint density at radius 2 is 1.82 bits per heavy atom. The van der Waals surface area contributed by atoms with Gasteiger partial charge in [-0.15, -0.1) is 11.8 Å². The Balaban J connectivity index is 1.80. The Bertz CT molecular complexity index is 670. The van der Waals surface area contributed by atoms with Crippen molar-refractivity contribution in [3.8, 4) is 11.1 Å². The summed E-state index contributed by atoms with van der Waals surface area (Å²) in [4.78, 5) is 12.5. The number of benzene rings is 2. The minimum Gasteiger partial charge on any atom is -0.324 e. The van der Waals surface area contributed by atoms with Crippen molar-refractivity contribution in [2.45, 2.75) is 24.8 Å². The first-order valence-electron chi connectivity index (χ1n) is 7.42. The van der Waals surface area contributed by atoms with Gasteiger partial charge in [0.25, 0.3) is 0 Å². The van der Waals surface area contributed by atoms with E-state index in [1.54, 1.807) is 11.8 Å². The Morgan fingerprint density at radius 3 is 2.50 bits per heavy atom. The number of carbonyl (C=O) groups excluding carboxylic acids is 1. The number of thioether (sulfide) groups is 1. The third-order valence-corrected chi connectivity index (χ3v) is 5.06. The molecule has 1 atom stereocenters. The van der Waals surface area contributed by atoms with E-state index in [0.29, 0.717) is 0 Å². The van der Waals surface area contributed by atoms with Crippen LogP contribution in [0.1, 0.15) is 13.8 Å². The average Bonchev–Trinajstić information content (AvgIpc) is 2.89. The second-order valence-corrected chi connectivity index (χ2v) is 7.56. The van der Waals surface area contributed by atoms with Crippen molar-refractivity contribution in [3.05, 3.63) is 54.6 Å². The molecule has 0 bridgehead atoms. The fourth-order valence-corrected chi connectivity index (χ4v) is 3.66. The van der Waals surface area contributed by atoms with Crippen molar-refractivity contribution in [2.24, 2.45) is 0 Å². The topological polar surface area (TPSA) is 41.1 Å². The first-order chi connectivity index (χ1) is 10.6. The van der Waals surface area contributed by atoms with Gasteiger partial charge in [0.05, 0.1) is 10.9 Å². The third-order valence-electron chi connectivity index (χ3n) is 3.72. The summed E-state index contributed by atoms with van der Waals surface area (Å²) in [7, 11) is 0. The van der Waals surface area contributed by atoms with E-state index in [-0.39, 0.29) is 16.8 Å². The minimum absolute atomic E-state index is 0.0291. The van der Waals surface area contributed by atoms with Gasteiger partial charge in [-0.3, -0.25) is 10.1 Å². The van der Waals surface area contributed by atoms with Gasteiger partial charge in [-0.2, -0.15) is 0 Å². The zero-order valence-electron chi connectivity index (χ0n) is 12.8. The van der Waals surface area contributed by atoms with Gasteiger partial charge in [0.1, 0.15) is 0 Å². The van der Waals surface area contributed by atoms with Crippen LogP contribution in [-0.2, 0) is 4.79 Å². The van der Waals surface area contributed by atoms with Gasteiger partial charge >= 0.3 is 0 Å². The maximum absolute atomic E-state index is 12.5. The standard InChI is InChI=1S/C18H20N2OS/c1-18(2)20-16(12-22-18)17(21)19-15-11-7-6-10-14(15)13-8-4-3-5-9-13/h3-11,16,20H,12H2,1-2H3,(H,19,21)/t16-/m0/s1. The van der Waals surface area contributed by atoms with Crippen LogP contribution in [0.15, 0.2) is 54.6 Å². The number of para-hydroxylation sites is 1. The van der Waals surface area contributed by atoms with E-state index in [2.05, 4.69) is 36.6 Å². The number of carbonyl (C=O) groups is 1. The van der Waals surface area contributed by atoms with Gasteiger partial charge in [0, 0.05) is 17.0 Å². The summed E-state index contributed by atoms with van der Waals surface area (Å²) in [5.74, 6) is 0.827. The monoisotopic (exact) mass is 312 g/mol. The molecule has 3 nitrogen and oxygen atoms in total. The van der Waals surface area contributed by atoms with Crippen molar-refractivity contribution < 1.29 is 4.79 Å². The van der Waals surface area contributed by atoms with Crippen LogP contribution in [0.25, 0.3) is 11.1 Å². The Labute approximate surface area is 135 Å². The van der Waals surface area contributed by atoms with Gasteiger partial charge in [0.2, 0.25) is 5.91 Å². The summed E-state index contributed by atoms with van der Waals surface area (Å²) in [5.41, 5.74) is 3.00. The number of anilines is 1. The van der Waals surface area contributed by atoms with Crippen LogP contribution in [-0.4, -0.2) is 22.6 Å². The quantitative estimate of drug-likeness (QED) is 0.907. The molecule has 1 amide bonds. The molecule has 1 aliphatic rings. The smallest absolute Gasteiger partial charge is 0.242 e. The molecule has 0 aliphatic carbocycles. The second-order valence-electron chi connectivity index (χ2n) is 5.92. The Morgan fingerprint density at radius 1 is 1.14 bits per heavy atom. The molecule has 1 fully saturated rings. The fourth-order valence-electron chi connectivity index (χ4n) is 2.62. The SMILES string of the molecule is CC1(C)N[C@H](C(=O)Nc2ccccc2-c2ccccc2)CS1. The molecule has 2 aromatic carbocycles. The van der Waals surface area contributed by atoms with Crippen molar-refractivity contribution in [1.29, 1.82) is 0 Å².